The topological polar surface area (TPSA) is 9.23 Å². The normalized spacial score (nSPS) is 33.2. The first-order valence-electron chi connectivity index (χ1n) is 5.49. The van der Waals surface area contributed by atoms with Crippen molar-refractivity contribution >= 4 is 19.9 Å². The van der Waals surface area contributed by atoms with Crippen LogP contribution in [0.15, 0.2) is 0 Å². The van der Waals surface area contributed by atoms with Crippen molar-refractivity contribution in [3.05, 3.63) is 0 Å². The van der Waals surface area contributed by atoms with Crippen molar-refractivity contribution in [2.24, 2.45) is 0 Å². The van der Waals surface area contributed by atoms with E-state index in [4.69, 9.17) is 16.0 Å². The van der Waals surface area contributed by atoms with Crippen molar-refractivity contribution < 1.29 is 4.43 Å². The predicted octanol–water partition coefficient (Wildman–Crippen LogP) is 4.13. The van der Waals surface area contributed by atoms with Gasteiger partial charge in [-0.2, -0.15) is 0 Å². The van der Waals surface area contributed by atoms with Crippen molar-refractivity contribution in [1.82, 2.24) is 0 Å². The van der Waals surface area contributed by atoms with Crippen LogP contribution in [0.25, 0.3) is 0 Å². The minimum atomic E-state index is -1.42. The quantitative estimate of drug-likeness (QED) is 0.514. The van der Waals surface area contributed by atoms with Crippen molar-refractivity contribution in [3.8, 4) is 0 Å². The lowest BCUT2D eigenvalue weighted by atomic mass is 10.1. The van der Waals surface area contributed by atoms with Gasteiger partial charge in [-0.1, -0.05) is 32.4 Å². The fourth-order valence-corrected chi connectivity index (χ4v) is 6.23. The van der Waals surface area contributed by atoms with Gasteiger partial charge in [0.15, 0.2) is 8.32 Å². The Hall–Kier alpha value is 0.467. The molecular formula is C10H21ClOSi. The summed E-state index contributed by atoms with van der Waals surface area (Å²) in [6, 6.07) is 3.75. The average molecular weight is 221 g/mol. The van der Waals surface area contributed by atoms with Crippen LogP contribution >= 0.6 is 11.6 Å². The molecule has 0 aliphatic carbocycles. The molecule has 1 nitrogen and oxygen atoms in total. The third kappa shape index (κ3) is 2.48. The molecule has 1 rings (SSSR count). The summed E-state index contributed by atoms with van der Waals surface area (Å²) < 4.78 is 6.21. The molecule has 78 valence electrons. The number of hydrogen-bond donors (Lipinski definition) is 0. The first-order chi connectivity index (χ1) is 6.10. The fourth-order valence-electron chi connectivity index (χ4n) is 2.16. The van der Waals surface area contributed by atoms with Crippen LogP contribution in [0.4, 0.5) is 0 Å². The van der Waals surface area contributed by atoms with Gasteiger partial charge in [-0.15, -0.1) is 0 Å². The molecule has 0 aromatic heterocycles. The Morgan fingerprint density at radius 2 is 1.92 bits per heavy atom. The van der Waals surface area contributed by atoms with E-state index >= 15 is 0 Å². The maximum atomic E-state index is 6.41. The second-order valence-electron chi connectivity index (χ2n) is 4.08. The number of alkyl halides is 1. The van der Waals surface area contributed by atoms with Gasteiger partial charge in [0.1, 0.15) is 5.06 Å². The zero-order valence-corrected chi connectivity index (χ0v) is 10.8. The van der Waals surface area contributed by atoms with E-state index in [1.807, 2.05) is 0 Å². The van der Waals surface area contributed by atoms with E-state index in [1.54, 1.807) is 0 Å². The van der Waals surface area contributed by atoms with E-state index in [-0.39, 0.29) is 5.06 Å². The standard InChI is InChI=1S/C10H21ClOSi/c1-4-10(11)8-7-9-13(5-2,6-3)12-10/h4-9H2,1-3H3. The van der Waals surface area contributed by atoms with Gasteiger partial charge in [0, 0.05) is 0 Å². The molecule has 1 atom stereocenters. The molecule has 13 heavy (non-hydrogen) atoms. The molecule has 3 heteroatoms. The number of rotatable bonds is 3. The number of hydrogen-bond acceptors (Lipinski definition) is 1. The summed E-state index contributed by atoms with van der Waals surface area (Å²) in [5, 5.41) is -0.309. The molecule has 0 N–H and O–H groups in total. The van der Waals surface area contributed by atoms with Crippen molar-refractivity contribution in [2.45, 2.75) is 63.2 Å². The minimum Gasteiger partial charge on any atom is -0.398 e. The molecule has 1 fully saturated rings. The third-order valence-corrected chi connectivity index (χ3v) is 8.73. The van der Waals surface area contributed by atoms with Crippen LogP contribution in [-0.4, -0.2) is 13.4 Å². The second-order valence-corrected chi connectivity index (χ2v) is 9.26. The lowest BCUT2D eigenvalue weighted by molar-refractivity contribution is 0.109. The molecular weight excluding hydrogens is 200 g/mol. The molecule has 1 aliphatic heterocycles. The Labute approximate surface area is 87.9 Å². The Morgan fingerprint density at radius 1 is 1.31 bits per heavy atom. The molecule has 0 spiro atoms. The van der Waals surface area contributed by atoms with Gasteiger partial charge < -0.3 is 4.43 Å². The van der Waals surface area contributed by atoms with E-state index < -0.39 is 8.32 Å². The molecule has 0 aromatic rings. The molecule has 0 radical (unpaired) electrons. The van der Waals surface area contributed by atoms with Gasteiger partial charge >= 0.3 is 0 Å². The summed E-state index contributed by atoms with van der Waals surface area (Å²) in [5.74, 6) is 0. The molecule has 1 heterocycles. The summed E-state index contributed by atoms with van der Waals surface area (Å²) in [4.78, 5) is 0. The summed E-state index contributed by atoms with van der Waals surface area (Å²) in [5.41, 5.74) is 0. The monoisotopic (exact) mass is 220 g/mol. The van der Waals surface area contributed by atoms with Crippen LogP contribution in [-0.2, 0) is 4.43 Å². The van der Waals surface area contributed by atoms with Crippen molar-refractivity contribution in [1.29, 1.82) is 0 Å². The minimum absolute atomic E-state index is 0.309. The van der Waals surface area contributed by atoms with Crippen LogP contribution in [0, 0.1) is 0 Å². The SMILES string of the molecule is CCC1(Cl)CCC[Si](CC)(CC)O1. The van der Waals surface area contributed by atoms with Crippen molar-refractivity contribution in [2.75, 3.05) is 0 Å². The van der Waals surface area contributed by atoms with Crippen LogP contribution < -0.4 is 0 Å². The smallest absolute Gasteiger partial charge is 0.194 e. The largest absolute Gasteiger partial charge is 0.398 e. The maximum absolute atomic E-state index is 6.41. The summed E-state index contributed by atoms with van der Waals surface area (Å²) in [6.45, 7) is 6.64. The van der Waals surface area contributed by atoms with Gasteiger partial charge in [-0.25, -0.2) is 0 Å². The first-order valence-corrected chi connectivity index (χ1v) is 8.39. The number of halogens is 1. The lowest BCUT2D eigenvalue weighted by Gasteiger charge is -2.43. The first kappa shape index (κ1) is 11.5. The highest BCUT2D eigenvalue weighted by atomic mass is 35.5. The van der Waals surface area contributed by atoms with Crippen LogP contribution in [0.1, 0.15) is 40.0 Å². The molecule has 1 saturated heterocycles. The lowest BCUT2D eigenvalue weighted by Crippen LogP contribution is -2.48. The predicted molar refractivity (Wildman–Crippen MR) is 60.7 cm³/mol. The third-order valence-electron chi connectivity index (χ3n) is 3.40. The zero-order valence-electron chi connectivity index (χ0n) is 9.03. The van der Waals surface area contributed by atoms with Gasteiger partial charge in [0.2, 0.25) is 0 Å². The fraction of sp³-hybridized carbons (Fsp3) is 1.00. The van der Waals surface area contributed by atoms with E-state index in [9.17, 15) is 0 Å². The average Bonchev–Trinajstić information content (AvgIpc) is 2.18. The van der Waals surface area contributed by atoms with Gasteiger partial charge in [-0.3, -0.25) is 0 Å². The highest BCUT2D eigenvalue weighted by molar-refractivity contribution is 6.74. The van der Waals surface area contributed by atoms with Crippen LogP contribution in [0.3, 0.4) is 0 Å². The second kappa shape index (κ2) is 4.33. The van der Waals surface area contributed by atoms with Crippen molar-refractivity contribution in [3.63, 3.8) is 0 Å². The van der Waals surface area contributed by atoms with E-state index in [0.717, 1.165) is 12.8 Å². The Morgan fingerprint density at radius 3 is 2.38 bits per heavy atom. The molecule has 0 aromatic carbocycles. The van der Waals surface area contributed by atoms with E-state index in [0.29, 0.717) is 0 Å². The molecule has 1 unspecified atom stereocenters. The zero-order chi connectivity index (χ0) is 9.95. The van der Waals surface area contributed by atoms with E-state index in [1.165, 1.54) is 24.6 Å². The van der Waals surface area contributed by atoms with Gasteiger partial charge in [0.25, 0.3) is 0 Å². The highest BCUT2D eigenvalue weighted by Gasteiger charge is 2.43. The van der Waals surface area contributed by atoms with Gasteiger partial charge in [0.05, 0.1) is 0 Å². The Kier molecular flexibility index (Phi) is 3.84. The van der Waals surface area contributed by atoms with Crippen LogP contribution in [0.2, 0.25) is 18.1 Å². The summed E-state index contributed by atoms with van der Waals surface area (Å²) in [6.07, 6.45) is 3.26. The molecule has 0 amide bonds. The molecule has 0 saturated carbocycles. The van der Waals surface area contributed by atoms with Crippen LogP contribution in [0.5, 0.6) is 0 Å². The maximum Gasteiger partial charge on any atom is 0.194 e. The Bertz CT molecular complexity index is 170. The van der Waals surface area contributed by atoms with E-state index in [2.05, 4.69) is 20.8 Å². The Balaban J connectivity index is 2.69. The summed E-state index contributed by atoms with van der Waals surface area (Å²) in [7, 11) is -1.42. The summed E-state index contributed by atoms with van der Waals surface area (Å²) >= 11 is 6.41. The van der Waals surface area contributed by atoms with Gasteiger partial charge in [-0.05, 0) is 37.4 Å². The highest BCUT2D eigenvalue weighted by Crippen LogP contribution is 2.41. The molecule has 1 aliphatic rings. The molecule has 0 bridgehead atoms.